The second-order valence-electron chi connectivity index (χ2n) is 4.87. The SMILES string of the molecule is CCn1ncc(OC)c1C(=O)C1CCC(F)(F)CC1. The molecule has 1 aliphatic rings. The second-order valence-corrected chi connectivity index (χ2v) is 4.87. The van der Waals surface area contributed by atoms with Gasteiger partial charge in [0.15, 0.2) is 11.5 Å². The van der Waals surface area contributed by atoms with Crippen molar-refractivity contribution in [3.63, 3.8) is 0 Å². The Kier molecular flexibility index (Phi) is 3.87. The van der Waals surface area contributed by atoms with Crippen molar-refractivity contribution in [3.05, 3.63) is 11.9 Å². The van der Waals surface area contributed by atoms with Crippen molar-refractivity contribution < 1.29 is 18.3 Å². The fourth-order valence-electron chi connectivity index (χ4n) is 2.50. The minimum atomic E-state index is -2.62. The van der Waals surface area contributed by atoms with Crippen LogP contribution in [0.4, 0.5) is 8.78 Å². The van der Waals surface area contributed by atoms with E-state index in [1.807, 2.05) is 6.92 Å². The molecule has 0 bridgehead atoms. The number of ketones is 1. The molecular formula is C13H18F2N2O2. The van der Waals surface area contributed by atoms with Crippen LogP contribution < -0.4 is 4.74 Å². The number of aromatic nitrogens is 2. The van der Waals surface area contributed by atoms with Crippen molar-refractivity contribution in [1.29, 1.82) is 0 Å². The third-order valence-corrected chi connectivity index (χ3v) is 3.65. The van der Waals surface area contributed by atoms with E-state index in [0.717, 1.165) is 0 Å². The van der Waals surface area contributed by atoms with Crippen molar-refractivity contribution >= 4 is 5.78 Å². The van der Waals surface area contributed by atoms with Gasteiger partial charge in [0, 0.05) is 25.3 Å². The molecule has 1 fully saturated rings. The van der Waals surface area contributed by atoms with E-state index < -0.39 is 5.92 Å². The first-order valence-electron chi connectivity index (χ1n) is 6.50. The van der Waals surface area contributed by atoms with Crippen molar-refractivity contribution in [2.24, 2.45) is 5.92 Å². The van der Waals surface area contributed by atoms with Gasteiger partial charge in [-0.1, -0.05) is 0 Å². The molecule has 0 atom stereocenters. The standard InChI is InChI=1S/C13H18F2N2O2/c1-3-17-11(10(19-2)8-16-17)12(18)9-4-6-13(14,15)7-5-9/h8-9H,3-7H2,1-2H3. The van der Waals surface area contributed by atoms with E-state index in [1.54, 1.807) is 4.68 Å². The summed E-state index contributed by atoms with van der Waals surface area (Å²) in [7, 11) is 1.48. The highest BCUT2D eigenvalue weighted by Gasteiger charge is 2.38. The number of carbonyl (C=O) groups excluding carboxylic acids is 1. The summed E-state index contributed by atoms with van der Waals surface area (Å²) in [5.74, 6) is -2.68. The van der Waals surface area contributed by atoms with Gasteiger partial charge >= 0.3 is 0 Å². The molecule has 0 radical (unpaired) electrons. The van der Waals surface area contributed by atoms with Crippen molar-refractivity contribution in [2.45, 2.75) is 45.1 Å². The van der Waals surface area contributed by atoms with Gasteiger partial charge in [0.25, 0.3) is 0 Å². The number of halogens is 2. The minimum Gasteiger partial charge on any atom is -0.493 e. The van der Waals surface area contributed by atoms with E-state index in [0.29, 0.717) is 18.0 Å². The van der Waals surface area contributed by atoms with Gasteiger partial charge in [0.2, 0.25) is 5.92 Å². The minimum absolute atomic E-state index is 0.133. The van der Waals surface area contributed by atoms with Crippen LogP contribution in [-0.4, -0.2) is 28.6 Å². The average molecular weight is 272 g/mol. The zero-order valence-electron chi connectivity index (χ0n) is 11.2. The summed E-state index contributed by atoms with van der Waals surface area (Å²) in [6.45, 7) is 2.42. The summed E-state index contributed by atoms with van der Waals surface area (Å²) >= 11 is 0. The largest absolute Gasteiger partial charge is 0.493 e. The summed E-state index contributed by atoms with van der Waals surface area (Å²) in [6.07, 6.45) is 1.51. The Morgan fingerprint density at radius 1 is 1.53 bits per heavy atom. The summed E-state index contributed by atoms with van der Waals surface area (Å²) in [5.41, 5.74) is 0.403. The number of ether oxygens (including phenoxy) is 1. The maximum Gasteiger partial charge on any atom is 0.248 e. The number of Topliss-reactive ketones (excluding diaryl/α,β-unsaturated/α-hetero) is 1. The molecule has 0 aliphatic heterocycles. The predicted octanol–water partition coefficient (Wildman–Crippen LogP) is 2.92. The molecule has 6 heteroatoms. The predicted molar refractivity (Wildman–Crippen MR) is 65.7 cm³/mol. The number of aryl methyl sites for hydroxylation is 1. The van der Waals surface area contributed by atoms with Gasteiger partial charge < -0.3 is 4.74 Å². The molecule has 4 nitrogen and oxygen atoms in total. The summed E-state index contributed by atoms with van der Waals surface area (Å²) < 4.78 is 32.9. The first kappa shape index (κ1) is 14.0. The maximum atomic E-state index is 13.1. The van der Waals surface area contributed by atoms with Crippen LogP contribution in [0.1, 0.15) is 43.1 Å². The topological polar surface area (TPSA) is 44.1 Å². The molecular weight excluding hydrogens is 254 g/mol. The first-order valence-corrected chi connectivity index (χ1v) is 6.50. The highest BCUT2D eigenvalue weighted by molar-refractivity contribution is 5.98. The van der Waals surface area contributed by atoms with E-state index in [2.05, 4.69) is 5.10 Å². The molecule has 0 amide bonds. The molecule has 1 aromatic rings. The highest BCUT2D eigenvalue weighted by atomic mass is 19.3. The van der Waals surface area contributed by atoms with Crippen LogP contribution in [-0.2, 0) is 6.54 Å². The smallest absolute Gasteiger partial charge is 0.248 e. The van der Waals surface area contributed by atoms with Crippen LogP contribution in [0.25, 0.3) is 0 Å². The third kappa shape index (κ3) is 2.77. The van der Waals surface area contributed by atoms with Crippen LogP contribution in [0.2, 0.25) is 0 Å². The van der Waals surface area contributed by atoms with Gasteiger partial charge in [-0.2, -0.15) is 5.10 Å². The maximum absolute atomic E-state index is 13.1. The van der Waals surface area contributed by atoms with Crippen molar-refractivity contribution in [1.82, 2.24) is 9.78 Å². The Morgan fingerprint density at radius 3 is 2.68 bits per heavy atom. The van der Waals surface area contributed by atoms with Gasteiger partial charge in [0.1, 0.15) is 5.69 Å². The molecule has 1 aromatic heterocycles. The third-order valence-electron chi connectivity index (χ3n) is 3.65. The van der Waals surface area contributed by atoms with Gasteiger partial charge in [-0.25, -0.2) is 8.78 Å². The van der Waals surface area contributed by atoms with Gasteiger partial charge in [-0.05, 0) is 19.8 Å². The van der Waals surface area contributed by atoms with Crippen molar-refractivity contribution in [2.75, 3.05) is 7.11 Å². The van der Waals surface area contributed by atoms with E-state index in [9.17, 15) is 13.6 Å². The Morgan fingerprint density at radius 2 is 2.16 bits per heavy atom. The molecule has 0 spiro atoms. The summed E-state index contributed by atoms with van der Waals surface area (Å²) in [6, 6.07) is 0. The van der Waals surface area contributed by atoms with Crippen LogP contribution >= 0.6 is 0 Å². The molecule has 0 aromatic carbocycles. The fourth-order valence-corrected chi connectivity index (χ4v) is 2.50. The zero-order valence-corrected chi connectivity index (χ0v) is 11.2. The van der Waals surface area contributed by atoms with E-state index in [4.69, 9.17) is 4.74 Å². The Bertz CT molecular complexity index is 440. The number of carbonyl (C=O) groups is 1. The lowest BCUT2D eigenvalue weighted by Crippen LogP contribution is -2.30. The lowest BCUT2D eigenvalue weighted by Gasteiger charge is -2.27. The first-order chi connectivity index (χ1) is 8.98. The quantitative estimate of drug-likeness (QED) is 0.792. The molecule has 1 heterocycles. The van der Waals surface area contributed by atoms with Crippen LogP contribution in [0.3, 0.4) is 0 Å². The number of rotatable bonds is 4. The Labute approximate surface area is 110 Å². The molecule has 0 unspecified atom stereocenters. The second kappa shape index (κ2) is 5.27. The Balaban J connectivity index is 2.18. The number of nitrogens with zero attached hydrogens (tertiary/aromatic N) is 2. The number of alkyl halides is 2. The molecule has 106 valence electrons. The lowest BCUT2D eigenvalue weighted by atomic mass is 9.83. The molecule has 1 aliphatic carbocycles. The molecule has 19 heavy (non-hydrogen) atoms. The number of methoxy groups -OCH3 is 1. The van der Waals surface area contributed by atoms with E-state index in [1.165, 1.54) is 13.3 Å². The summed E-state index contributed by atoms with van der Waals surface area (Å²) in [4.78, 5) is 12.4. The lowest BCUT2D eigenvalue weighted by molar-refractivity contribution is -0.0425. The fraction of sp³-hybridized carbons (Fsp3) is 0.692. The average Bonchev–Trinajstić information content (AvgIpc) is 2.80. The van der Waals surface area contributed by atoms with E-state index in [-0.39, 0.29) is 37.4 Å². The number of hydrogen-bond acceptors (Lipinski definition) is 3. The van der Waals surface area contributed by atoms with Crippen molar-refractivity contribution in [3.8, 4) is 5.75 Å². The Hall–Kier alpha value is -1.46. The van der Waals surface area contributed by atoms with E-state index >= 15 is 0 Å². The normalized spacial score (nSPS) is 19.4. The molecule has 1 saturated carbocycles. The van der Waals surface area contributed by atoms with Crippen LogP contribution in [0.15, 0.2) is 6.20 Å². The van der Waals surface area contributed by atoms with Gasteiger partial charge in [0.05, 0.1) is 13.3 Å². The van der Waals surface area contributed by atoms with Gasteiger partial charge in [-0.15, -0.1) is 0 Å². The van der Waals surface area contributed by atoms with Crippen LogP contribution in [0.5, 0.6) is 5.75 Å². The summed E-state index contributed by atoms with van der Waals surface area (Å²) in [5, 5.41) is 4.07. The van der Waals surface area contributed by atoms with Gasteiger partial charge in [-0.3, -0.25) is 9.48 Å². The molecule has 2 rings (SSSR count). The van der Waals surface area contributed by atoms with Crippen LogP contribution in [0, 0.1) is 5.92 Å². The molecule has 0 saturated heterocycles. The number of hydrogen-bond donors (Lipinski definition) is 0. The zero-order chi connectivity index (χ0) is 14.0. The monoisotopic (exact) mass is 272 g/mol. The molecule has 0 N–H and O–H groups in total. The highest BCUT2D eigenvalue weighted by Crippen LogP contribution is 2.38.